The van der Waals surface area contributed by atoms with E-state index in [1.165, 1.54) is 30.5 Å². The number of rotatable bonds is 8. The van der Waals surface area contributed by atoms with Crippen LogP contribution in [0.1, 0.15) is 65.0 Å². The minimum Gasteiger partial charge on any atom is -0.369 e. The Bertz CT molecular complexity index is 362. The first kappa shape index (κ1) is 16.0. The Hall–Kier alpha value is -1.02. The number of hydrogen-bond donors (Lipinski definition) is 1. The number of hydrogen-bond acceptors (Lipinski definition) is 2. The molecule has 0 saturated carbocycles. The van der Waals surface area contributed by atoms with E-state index in [1.807, 2.05) is 0 Å². The molecule has 0 fully saturated rings. The SMILES string of the molecule is CCCCN(c1ccccc1[C@H](N)CC)C(C)CC. The van der Waals surface area contributed by atoms with Gasteiger partial charge in [0.2, 0.25) is 0 Å². The van der Waals surface area contributed by atoms with Gasteiger partial charge in [-0.3, -0.25) is 0 Å². The van der Waals surface area contributed by atoms with Crippen LogP contribution in [-0.2, 0) is 0 Å². The molecule has 0 aliphatic carbocycles. The standard InChI is InChI=1S/C17H30N2/c1-5-8-13-19(14(4)6-2)17-12-10-9-11-15(17)16(18)7-3/h9-12,14,16H,5-8,13,18H2,1-4H3/t14?,16-/m1/s1. The van der Waals surface area contributed by atoms with Gasteiger partial charge in [0.1, 0.15) is 0 Å². The highest BCUT2D eigenvalue weighted by molar-refractivity contribution is 5.55. The predicted octanol–water partition coefficient (Wildman–Crippen LogP) is 4.50. The van der Waals surface area contributed by atoms with E-state index in [1.54, 1.807) is 0 Å². The molecule has 0 amide bonds. The molecule has 0 aliphatic heterocycles. The van der Waals surface area contributed by atoms with E-state index in [0.29, 0.717) is 6.04 Å². The summed E-state index contributed by atoms with van der Waals surface area (Å²) in [4.78, 5) is 2.54. The van der Waals surface area contributed by atoms with Crippen molar-refractivity contribution in [2.75, 3.05) is 11.4 Å². The highest BCUT2D eigenvalue weighted by Crippen LogP contribution is 2.29. The lowest BCUT2D eigenvalue weighted by molar-refractivity contribution is 0.588. The molecule has 0 spiro atoms. The summed E-state index contributed by atoms with van der Waals surface area (Å²) < 4.78 is 0. The third-order valence-electron chi connectivity index (χ3n) is 3.96. The van der Waals surface area contributed by atoms with Gasteiger partial charge in [0.05, 0.1) is 0 Å². The van der Waals surface area contributed by atoms with Crippen molar-refractivity contribution in [2.24, 2.45) is 5.73 Å². The highest BCUT2D eigenvalue weighted by atomic mass is 15.2. The first-order chi connectivity index (χ1) is 9.15. The summed E-state index contributed by atoms with van der Waals surface area (Å²) in [7, 11) is 0. The average molecular weight is 262 g/mol. The molecule has 1 aromatic carbocycles. The van der Waals surface area contributed by atoms with E-state index in [9.17, 15) is 0 Å². The minimum absolute atomic E-state index is 0.143. The Balaban J connectivity index is 3.06. The van der Waals surface area contributed by atoms with Crippen molar-refractivity contribution in [3.05, 3.63) is 29.8 Å². The van der Waals surface area contributed by atoms with E-state index in [0.717, 1.165) is 13.0 Å². The van der Waals surface area contributed by atoms with Crippen molar-refractivity contribution in [2.45, 2.75) is 65.5 Å². The molecule has 2 nitrogen and oxygen atoms in total. The molecule has 108 valence electrons. The molecule has 2 N–H and O–H groups in total. The highest BCUT2D eigenvalue weighted by Gasteiger charge is 2.17. The topological polar surface area (TPSA) is 29.3 Å². The van der Waals surface area contributed by atoms with Crippen molar-refractivity contribution in [3.63, 3.8) is 0 Å². The van der Waals surface area contributed by atoms with Crippen LogP contribution in [0.4, 0.5) is 5.69 Å². The molecule has 0 heterocycles. The van der Waals surface area contributed by atoms with Crippen molar-refractivity contribution < 1.29 is 0 Å². The summed E-state index contributed by atoms with van der Waals surface area (Å²) in [5, 5.41) is 0. The molecule has 0 bridgehead atoms. The van der Waals surface area contributed by atoms with Crippen molar-refractivity contribution in [1.29, 1.82) is 0 Å². The van der Waals surface area contributed by atoms with Gasteiger partial charge in [0, 0.05) is 24.3 Å². The number of benzene rings is 1. The molecule has 1 aromatic rings. The van der Waals surface area contributed by atoms with Gasteiger partial charge in [0.15, 0.2) is 0 Å². The second kappa shape index (κ2) is 8.21. The van der Waals surface area contributed by atoms with Gasteiger partial charge in [-0.15, -0.1) is 0 Å². The normalized spacial score (nSPS) is 14.2. The van der Waals surface area contributed by atoms with Crippen LogP contribution in [0.2, 0.25) is 0 Å². The minimum atomic E-state index is 0.143. The number of anilines is 1. The van der Waals surface area contributed by atoms with Gasteiger partial charge in [-0.1, -0.05) is 45.4 Å². The number of nitrogens with two attached hydrogens (primary N) is 1. The molecule has 19 heavy (non-hydrogen) atoms. The smallest absolute Gasteiger partial charge is 0.0417 e. The van der Waals surface area contributed by atoms with Gasteiger partial charge in [-0.05, 0) is 37.8 Å². The Morgan fingerprint density at radius 1 is 1.11 bits per heavy atom. The van der Waals surface area contributed by atoms with Crippen molar-refractivity contribution >= 4 is 5.69 Å². The summed E-state index contributed by atoms with van der Waals surface area (Å²) in [6.45, 7) is 10.1. The number of nitrogens with zero attached hydrogens (tertiary/aromatic N) is 1. The van der Waals surface area contributed by atoms with Gasteiger partial charge < -0.3 is 10.6 Å². The lowest BCUT2D eigenvalue weighted by Crippen LogP contribution is -2.34. The lowest BCUT2D eigenvalue weighted by Gasteiger charge is -2.33. The van der Waals surface area contributed by atoms with Crippen LogP contribution >= 0.6 is 0 Å². The quantitative estimate of drug-likeness (QED) is 0.747. The maximum atomic E-state index is 6.28. The first-order valence-electron chi connectivity index (χ1n) is 7.76. The van der Waals surface area contributed by atoms with Gasteiger partial charge in [0.25, 0.3) is 0 Å². The zero-order valence-electron chi connectivity index (χ0n) is 13.0. The molecule has 0 aromatic heterocycles. The van der Waals surface area contributed by atoms with Gasteiger partial charge in [-0.25, -0.2) is 0 Å². The second-order valence-corrected chi connectivity index (χ2v) is 5.38. The van der Waals surface area contributed by atoms with Crippen molar-refractivity contribution in [1.82, 2.24) is 0 Å². The molecule has 0 aliphatic rings. The summed E-state index contributed by atoms with van der Waals surface area (Å²) in [6, 6.07) is 9.35. The van der Waals surface area contributed by atoms with Crippen molar-refractivity contribution in [3.8, 4) is 0 Å². The third kappa shape index (κ3) is 4.24. The zero-order valence-corrected chi connectivity index (χ0v) is 13.0. The summed E-state index contributed by atoms with van der Waals surface area (Å²) in [5.74, 6) is 0. The molecular formula is C17H30N2. The van der Waals surface area contributed by atoms with Gasteiger partial charge in [-0.2, -0.15) is 0 Å². The van der Waals surface area contributed by atoms with Crippen LogP contribution in [0, 0.1) is 0 Å². The summed E-state index contributed by atoms with van der Waals surface area (Å²) >= 11 is 0. The van der Waals surface area contributed by atoms with E-state index in [-0.39, 0.29) is 6.04 Å². The summed E-state index contributed by atoms with van der Waals surface area (Å²) in [5.41, 5.74) is 8.90. The molecule has 2 atom stereocenters. The maximum absolute atomic E-state index is 6.28. The predicted molar refractivity (Wildman–Crippen MR) is 85.7 cm³/mol. The summed E-state index contributed by atoms with van der Waals surface area (Å²) in [6.07, 6.45) is 4.62. The van der Waals surface area contributed by atoms with Crippen LogP contribution in [0.25, 0.3) is 0 Å². The fourth-order valence-corrected chi connectivity index (χ4v) is 2.41. The van der Waals surface area contributed by atoms with E-state index in [4.69, 9.17) is 5.73 Å². The molecular weight excluding hydrogens is 232 g/mol. The number of para-hydroxylation sites is 1. The molecule has 1 rings (SSSR count). The largest absolute Gasteiger partial charge is 0.369 e. The first-order valence-corrected chi connectivity index (χ1v) is 7.76. The van der Waals surface area contributed by atoms with Gasteiger partial charge >= 0.3 is 0 Å². The monoisotopic (exact) mass is 262 g/mol. The van der Waals surface area contributed by atoms with E-state index in [2.05, 4.69) is 56.9 Å². The third-order valence-corrected chi connectivity index (χ3v) is 3.96. The number of unbranched alkanes of at least 4 members (excludes halogenated alkanes) is 1. The zero-order chi connectivity index (χ0) is 14.3. The van der Waals surface area contributed by atoms with Crippen LogP contribution in [0.15, 0.2) is 24.3 Å². The molecule has 1 unspecified atom stereocenters. The molecule has 0 saturated heterocycles. The van der Waals surface area contributed by atoms with Crippen LogP contribution < -0.4 is 10.6 Å². The van der Waals surface area contributed by atoms with E-state index >= 15 is 0 Å². The molecule has 2 heteroatoms. The average Bonchev–Trinajstić information content (AvgIpc) is 2.46. The van der Waals surface area contributed by atoms with Crippen LogP contribution in [0.3, 0.4) is 0 Å². The lowest BCUT2D eigenvalue weighted by atomic mass is 10.0. The fraction of sp³-hybridized carbons (Fsp3) is 0.647. The Kier molecular flexibility index (Phi) is 6.93. The van der Waals surface area contributed by atoms with E-state index < -0.39 is 0 Å². The Morgan fingerprint density at radius 2 is 1.79 bits per heavy atom. The molecule has 0 radical (unpaired) electrons. The van der Waals surface area contributed by atoms with Crippen LogP contribution in [0.5, 0.6) is 0 Å². The Morgan fingerprint density at radius 3 is 2.37 bits per heavy atom. The second-order valence-electron chi connectivity index (χ2n) is 5.38. The Labute approximate surface area is 119 Å². The maximum Gasteiger partial charge on any atom is 0.0417 e. The fourth-order valence-electron chi connectivity index (χ4n) is 2.41. The van der Waals surface area contributed by atoms with Crippen LogP contribution in [-0.4, -0.2) is 12.6 Å².